The van der Waals surface area contributed by atoms with Crippen LogP contribution in [0.4, 0.5) is 4.79 Å². The summed E-state index contributed by atoms with van der Waals surface area (Å²) >= 11 is 0. The summed E-state index contributed by atoms with van der Waals surface area (Å²) in [5, 5.41) is 2.83. The lowest BCUT2D eigenvalue weighted by Gasteiger charge is -2.21. The topological polar surface area (TPSA) is 32.3 Å². The molecule has 0 saturated carbocycles. The summed E-state index contributed by atoms with van der Waals surface area (Å²) in [5.41, 5.74) is 0. The number of nitrogens with one attached hydrogen (secondary N) is 1. The maximum absolute atomic E-state index is 11.3. The average Bonchev–Trinajstić information content (AvgIpc) is 1.84. The minimum atomic E-state index is 0.0127. The average molecular weight is 172 g/mol. The molecular weight excluding hydrogens is 152 g/mol. The van der Waals surface area contributed by atoms with E-state index in [1.54, 1.807) is 4.90 Å². The number of hydrogen-bond acceptors (Lipinski definition) is 1. The molecule has 0 aliphatic rings. The third kappa shape index (κ3) is 4.99. The van der Waals surface area contributed by atoms with Gasteiger partial charge in [0.25, 0.3) is 0 Å². The molecule has 0 aromatic rings. The van der Waals surface area contributed by atoms with Gasteiger partial charge >= 0.3 is 6.03 Å². The van der Waals surface area contributed by atoms with Crippen molar-refractivity contribution < 1.29 is 4.79 Å². The number of rotatable bonds is 3. The highest BCUT2D eigenvalue weighted by atomic mass is 16.2. The molecule has 0 aliphatic carbocycles. The van der Waals surface area contributed by atoms with Gasteiger partial charge < -0.3 is 10.2 Å². The minimum Gasteiger partial charge on any atom is -0.336 e. The monoisotopic (exact) mass is 172 g/mol. The highest BCUT2D eigenvalue weighted by molar-refractivity contribution is 5.74. The highest BCUT2D eigenvalue weighted by Crippen LogP contribution is 1.96. The van der Waals surface area contributed by atoms with Gasteiger partial charge in [0.15, 0.2) is 0 Å². The summed E-state index contributed by atoms with van der Waals surface area (Å²) in [6, 6.07) is 0.228. The van der Waals surface area contributed by atoms with E-state index in [1.807, 2.05) is 20.9 Å². The van der Waals surface area contributed by atoms with Gasteiger partial charge in [-0.05, 0) is 19.8 Å². The van der Waals surface area contributed by atoms with Crippen LogP contribution in [-0.2, 0) is 0 Å². The maximum atomic E-state index is 11.3. The Labute approximate surface area is 75.1 Å². The molecular formula is C9H20N2O. The van der Waals surface area contributed by atoms with Crippen molar-refractivity contribution in [3.63, 3.8) is 0 Å². The molecule has 0 heterocycles. The van der Waals surface area contributed by atoms with Crippen LogP contribution in [0.3, 0.4) is 0 Å². The van der Waals surface area contributed by atoms with Crippen LogP contribution in [0.5, 0.6) is 0 Å². The van der Waals surface area contributed by atoms with Gasteiger partial charge in [-0.1, -0.05) is 13.8 Å². The Morgan fingerprint density at radius 3 is 2.17 bits per heavy atom. The Morgan fingerprint density at radius 2 is 1.83 bits per heavy atom. The second kappa shape index (κ2) is 5.01. The first kappa shape index (κ1) is 11.3. The Kier molecular flexibility index (Phi) is 4.71. The Balaban J connectivity index is 3.77. The molecule has 0 atom stereocenters. The van der Waals surface area contributed by atoms with Crippen LogP contribution in [0.1, 0.15) is 27.7 Å². The van der Waals surface area contributed by atoms with Crippen LogP contribution in [-0.4, -0.2) is 30.6 Å². The molecule has 0 bridgehead atoms. The second-order valence-corrected chi connectivity index (χ2v) is 3.88. The third-order valence-corrected chi connectivity index (χ3v) is 1.40. The Bertz CT molecular complexity index is 143. The molecule has 3 heteroatoms. The van der Waals surface area contributed by atoms with E-state index >= 15 is 0 Å². The Hall–Kier alpha value is -0.730. The van der Waals surface area contributed by atoms with Crippen molar-refractivity contribution in [3.8, 4) is 0 Å². The molecule has 3 nitrogen and oxygen atoms in total. The van der Waals surface area contributed by atoms with Crippen molar-refractivity contribution in [2.24, 2.45) is 5.92 Å². The summed E-state index contributed by atoms with van der Waals surface area (Å²) < 4.78 is 0. The molecule has 0 unspecified atom stereocenters. The molecule has 0 rings (SSSR count). The van der Waals surface area contributed by atoms with Crippen LogP contribution in [0.2, 0.25) is 0 Å². The largest absolute Gasteiger partial charge is 0.336 e. The number of carbonyl (C=O) groups is 1. The smallest absolute Gasteiger partial charge is 0.317 e. The number of carbonyl (C=O) groups excluding carboxylic acids is 1. The van der Waals surface area contributed by atoms with E-state index in [2.05, 4.69) is 19.2 Å². The molecule has 0 radical (unpaired) electrons. The highest BCUT2D eigenvalue weighted by Gasteiger charge is 2.09. The number of hydrogen-bond donors (Lipinski definition) is 1. The van der Waals surface area contributed by atoms with Gasteiger partial charge in [-0.25, -0.2) is 4.79 Å². The van der Waals surface area contributed by atoms with E-state index in [0.29, 0.717) is 5.92 Å². The molecule has 0 aromatic heterocycles. The first-order chi connectivity index (χ1) is 5.43. The van der Waals surface area contributed by atoms with Gasteiger partial charge in [0.2, 0.25) is 0 Å². The first-order valence-electron chi connectivity index (χ1n) is 4.45. The van der Waals surface area contributed by atoms with Crippen LogP contribution >= 0.6 is 0 Å². The molecule has 0 fully saturated rings. The van der Waals surface area contributed by atoms with E-state index in [-0.39, 0.29) is 12.1 Å². The lowest BCUT2D eigenvalue weighted by Crippen LogP contribution is -2.42. The number of amides is 2. The summed E-state index contributed by atoms with van der Waals surface area (Å²) in [6.45, 7) is 8.92. The normalized spacial score (nSPS) is 10.6. The standard InChI is InChI=1S/C9H20N2O/c1-7(2)6-11(5)9(12)10-8(3)4/h7-8H,6H2,1-5H3,(H,10,12). The molecule has 0 saturated heterocycles. The molecule has 1 N–H and O–H groups in total. The predicted octanol–water partition coefficient (Wildman–Crippen LogP) is 1.69. The molecule has 12 heavy (non-hydrogen) atoms. The Morgan fingerprint density at radius 1 is 1.33 bits per heavy atom. The van der Waals surface area contributed by atoms with Crippen LogP contribution in [0.25, 0.3) is 0 Å². The van der Waals surface area contributed by atoms with Crippen LogP contribution in [0.15, 0.2) is 0 Å². The number of urea groups is 1. The van der Waals surface area contributed by atoms with Gasteiger partial charge in [-0.3, -0.25) is 0 Å². The molecule has 2 amide bonds. The van der Waals surface area contributed by atoms with E-state index < -0.39 is 0 Å². The van der Waals surface area contributed by atoms with Gasteiger partial charge in [0.1, 0.15) is 0 Å². The third-order valence-electron chi connectivity index (χ3n) is 1.40. The van der Waals surface area contributed by atoms with Gasteiger partial charge in [-0.15, -0.1) is 0 Å². The van der Waals surface area contributed by atoms with Crippen molar-refractivity contribution in [2.75, 3.05) is 13.6 Å². The summed E-state index contributed by atoms with van der Waals surface area (Å²) in [7, 11) is 1.82. The van der Waals surface area contributed by atoms with Crippen molar-refractivity contribution in [3.05, 3.63) is 0 Å². The first-order valence-corrected chi connectivity index (χ1v) is 4.45. The van der Waals surface area contributed by atoms with E-state index in [4.69, 9.17) is 0 Å². The minimum absolute atomic E-state index is 0.0127. The fraction of sp³-hybridized carbons (Fsp3) is 0.889. The SMILES string of the molecule is CC(C)CN(C)C(=O)NC(C)C. The van der Waals surface area contributed by atoms with Crippen molar-refractivity contribution >= 4 is 6.03 Å². The second-order valence-electron chi connectivity index (χ2n) is 3.88. The molecule has 0 aromatic carbocycles. The maximum Gasteiger partial charge on any atom is 0.317 e. The van der Waals surface area contributed by atoms with E-state index in [9.17, 15) is 4.79 Å². The zero-order valence-corrected chi connectivity index (χ0v) is 8.72. The lowest BCUT2D eigenvalue weighted by atomic mass is 10.2. The van der Waals surface area contributed by atoms with Gasteiger partial charge in [0.05, 0.1) is 0 Å². The fourth-order valence-corrected chi connectivity index (χ4v) is 0.988. The van der Waals surface area contributed by atoms with E-state index in [0.717, 1.165) is 6.54 Å². The zero-order valence-electron chi connectivity index (χ0n) is 8.72. The fourth-order valence-electron chi connectivity index (χ4n) is 0.988. The number of nitrogens with zero attached hydrogens (tertiary/aromatic N) is 1. The van der Waals surface area contributed by atoms with Crippen molar-refractivity contribution in [1.29, 1.82) is 0 Å². The van der Waals surface area contributed by atoms with Crippen LogP contribution in [0, 0.1) is 5.92 Å². The zero-order chi connectivity index (χ0) is 9.72. The summed E-state index contributed by atoms with van der Waals surface area (Å²) in [5.74, 6) is 0.521. The molecule has 72 valence electrons. The van der Waals surface area contributed by atoms with E-state index in [1.165, 1.54) is 0 Å². The quantitative estimate of drug-likeness (QED) is 0.690. The molecule has 0 aliphatic heterocycles. The van der Waals surface area contributed by atoms with Gasteiger partial charge in [-0.2, -0.15) is 0 Å². The lowest BCUT2D eigenvalue weighted by molar-refractivity contribution is 0.201. The van der Waals surface area contributed by atoms with Gasteiger partial charge in [0, 0.05) is 19.6 Å². The van der Waals surface area contributed by atoms with Crippen LogP contribution < -0.4 is 5.32 Å². The predicted molar refractivity (Wildman–Crippen MR) is 51.1 cm³/mol. The van der Waals surface area contributed by atoms with Crippen molar-refractivity contribution in [1.82, 2.24) is 10.2 Å². The van der Waals surface area contributed by atoms with Crippen molar-refractivity contribution in [2.45, 2.75) is 33.7 Å². The summed E-state index contributed by atoms with van der Waals surface area (Å²) in [4.78, 5) is 13.0. The summed E-state index contributed by atoms with van der Waals surface area (Å²) in [6.07, 6.45) is 0. The molecule has 0 spiro atoms.